The van der Waals surface area contributed by atoms with Crippen LogP contribution in [0, 0.1) is 0 Å². The predicted molar refractivity (Wildman–Crippen MR) is 134 cm³/mol. The molecule has 0 radical (unpaired) electrons. The summed E-state index contributed by atoms with van der Waals surface area (Å²) < 4.78 is 7.60. The number of nitrogens with one attached hydrogen (secondary N) is 1. The van der Waals surface area contributed by atoms with Gasteiger partial charge in [-0.15, -0.1) is 0 Å². The van der Waals surface area contributed by atoms with Gasteiger partial charge in [0.25, 0.3) is 5.91 Å². The summed E-state index contributed by atoms with van der Waals surface area (Å²) in [4.78, 5) is 26.3. The molecule has 1 fully saturated rings. The molecule has 0 unspecified atom stereocenters. The fourth-order valence-electron chi connectivity index (χ4n) is 4.30. The van der Waals surface area contributed by atoms with Gasteiger partial charge >= 0.3 is 6.09 Å². The smallest absolute Gasteiger partial charge is 0.410 e. The zero-order valence-corrected chi connectivity index (χ0v) is 20.7. The maximum Gasteiger partial charge on any atom is 0.410 e. The van der Waals surface area contributed by atoms with E-state index in [4.69, 9.17) is 4.74 Å². The fraction of sp³-hybridized carbons (Fsp3) is 0.444. The Labute approximate surface area is 201 Å². The van der Waals surface area contributed by atoms with Crippen LogP contribution in [0.4, 0.5) is 4.79 Å². The Balaban J connectivity index is 1.45. The molecule has 2 amide bonds. The first-order valence-electron chi connectivity index (χ1n) is 12.0. The van der Waals surface area contributed by atoms with E-state index in [2.05, 4.69) is 33.3 Å². The fourth-order valence-corrected chi connectivity index (χ4v) is 4.30. The molecule has 7 heteroatoms. The molecule has 7 nitrogen and oxygen atoms in total. The molecule has 180 valence electrons. The maximum atomic E-state index is 12.4. The lowest BCUT2D eigenvalue weighted by Gasteiger charge is -2.33. The normalized spacial score (nSPS) is 15.1. The number of likely N-dealkylation sites (tertiary alicyclic amines) is 1. The van der Waals surface area contributed by atoms with E-state index in [1.165, 1.54) is 0 Å². The van der Waals surface area contributed by atoms with E-state index >= 15 is 0 Å². The molecule has 0 saturated carbocycles. The second-order valence-corrected chi connectivity index (χ2v) is 10.3. The number of carbonyl (C=O) groups excluding carboxylic acids is 2. The second-order valence-electron chi connectivity index (χ2n) is 10.3. The van der Waals surface area contributed by atoms with Crippen molar-refractivity contribution in [1.29, 1.82) is 0 Å². The molecule has 0 bridgehead atoms. The third-order valence-corrected chi connectivity index (χ3v) is 5.96. The average Bonchev–Trinajstić information content (AvgIpc) is 3.21. The first-order valence-corrected chi connectivity index (χ1v) is 12.0. The molecule has 4 rings (SSSR count). The number of carbonyl (C=O) groups is 2. The average molecular weight is 463 g/mol. The zero-order valence-electron chi connectivity index (χ0n) is 20.7. The number of hydrogen-bond donors (Lipinski definition) is 1. The van der Waals surface area contributed by atoms with Crippen LogP contribution >= 0.6 is 0 Å². The van der Waals surface area contributed by atoms with Crippen LogP contribution in [0.1, 0.15) is 63.9 Å². The van der Waals surface area contributed by atoms with Gasteiger partial charge in [-0.1, -0.05) is 18.2 Å². The van der Waals surface area contributed by atoms with E-state index in [-0.39, 0.29) is 24.1 Å². The summed E-state index contributed by atoms with van der Waals surface area (Å²) in [5, 5.41) is 8.67. The van der Waals surface area contributed by atoms with Gasteiger partial charge < -0.3 is 15.0 Å². The van der Waals surface area contributed by atoms with Crippen LogP contribution in [-0.2, 0) is 4.74 Å². The quantitative estimate of drug-likeness (QED) is 0.562. The molecule has 1 aromatic heterocycles. The Morgan fingerprint density at radius 3 is 2.29 bits per heavy atom. The Kier molecular flexibility index (Phi) is 6.64. The lowest BCUT2D eigenvalue weighted by molar-refractivity contribution is 0.0186. The predicted octanol–water partition coefficient (Wildman–Crippen LogP) is 5.41. The van der Waals surface area contributed by atoms with Crippen LogP contribution in [0.25, 0.3) is 22.0 Å². The summed E-state index contributed by atoms with van der Waals surface area (Å²) in [5.74, 6) is -0.0593. The number of amides is 2. The summed E-state index contributed by atoms with van der Waals surface area (Å²) >= 11 is 0. The van der Waals surface area contributed by atoms with Crippen LogP contribution in [-0.4, -0.2) is 51.4 Å². The molecule has 34 heavy (non-hydrogen) atoms. The van der Waals surface area contributed by atoms with Gasteiger partial charge in [-0.05, 0) is 82.9 Å². The van der Waals surface area contributed by atoms with Crippen molar-refractivity contribution in [2.75, 3.05) is 13.1 Å². The molecule has 3 aromatic rings. The highest BCUT2D eigenvalue weighted by Crippen LogP contribution is 2.30. The van der Waals surface area contributed by atoms with Crippen molar-refractivity contribution in [3.05, 3.63) is 54.2 Å². The minimum atomic E-state index is -0.482. The molecule has 1 aliphatic heterocycles. The van der Waals surface area contributed by atoms with Gasteiger partial charge in [-0.3, -0.25) is 9.48 Å². The number of piperidine rings is 1. The van der Waals surface area contributed by atoms with Crippen molar-refractivity contribution in [3.63, 3.8) is 0 Å². The number of rotatable bonds is 4. The van der Waals surface area contributed by atoms with Gasteiger partial charge in [0.1, 0.15) is 5.60 Å². The molecule has 1 aliphatic rings. The largest absolute Gasteiger partial charge is 0.444 e. The van der Waals surface area contributed by atoms with E-state index in [1.807, 2.05) is 65.1 Å². The maximum absolute atomic E-state index is 12.4. The van der Waals surface area contributed by atoms with Crippen molar-refractivity contribution in [1.82, 2.24) is 20.0 Å². The molecule has 0 atom stereocenters. The molecule has 1 N–H and O–H groups in total. The van der Waals surface area contributed by atoms with Gasteiger partial charge in [0.05, 0.1) is 17.8 Å². The van der Waals surface area contributed by atoms with Gasteiger partial charge in [-0.25, -0.2) is 4.79 Å². The van der Waals surface area contributed by atoms with Crippen molar-refractivity contribution < 1.29 is 14.3 Å². The van der Waals surface area contributed by atoms with E-state index in [0.717, 1.165) is 34.9 Å². The van der Waals surface area contributed by atoms with Crippen LogP contribution in [0.5, 0.6) is 0 Å². The highest BCUT2D eigenvalue weighted by atomic mass is 16.6. The van der Waals surface area contributed by atoms with Crippen molar-refractivity contribution in [3.8, 4) is 11.1 Å². The summed E-state index contributed by atoms with van der Waals surface area (Å²) in [6, 6.07) is 14.4. The SMILES string of the molecule is CC(C)NC(=O)c1ccc(-c2ccc3c(cnn3C3CCN(C(=O)OC(C)(C)C)CC3)c2)cc1. The van der Waals surface area contributed by atoms with Crippen LogP contribution < -0.4 is 5.32 Å². The van der Waals surface area contributed by atoms with E-state index in [9.17, 15) is 9.59 Å². The lowest BCUT2D eigenvalue weighted by atomic mass is 10.0. The van der Waals surface area contributed by atoms with Crippen molar-refractivity contribution in [2.45, 2.75) is 65.1 Å². The van der Waals surface area contributed by atoms with E-state index in [1.54, 1.807) is 4.90 Å². The summed E-state index contributed by atoms with van der Waals surface area (Å²) in [7, 11) is 0. The number of ether oxygens (including phenoxy) is 1. The zero-order chi connectivity index (χ0) is 24.5. The second kappa shape index (κ2) is 9.49. The molecule has 2 heterocycles. The molecule has 1 saturated heterocycles. The Morgan fingerprint density at radius 1 is 1.03 bits per heavy atom. The summed E-state index contributed by atoms with van der Waals surface area (Å²) in [6.45, 7) is 10.9. The Hall–Kier alpha value is -3.35. The third kappa shape index (κ3) is 5.41. The Bertz CT molecular complexity index is 1170. The number of hydrogen-bond acceptors (Lipinski definition) is 4. The summed E-state index contributed by atoms with van der Waals surface area (Å²) in [6.07, 6.45) is 3.35. The van der Waals surface area contributed by atoms with Crippen LogP contribution in [0.2, 0.25) is 0 Å². The molecule has 0 aliphatic carbocycles. The first kappa shape index (κ1) is 23.8. The molecule has 0 spiro atoms. The third-order valence-electron chi connectivity index (χ3n) is 5.96. The van der Waals surface area contributed by atoms with Gasteiger partial charge in [0.15, 0.2) is 0 Å². The molecular weight excluding hydrogens is 428 g/mol. The number of fused-ring (bicyclic) bond motifs is 1. The van der Waals surface area contributed by atoms with Crippen LogP contribution in [0.15, 0.2) is 48.7 Å². The standard InChI is InChI=1S/C27H34N4O3/c1-18(2)29-25(32)20-8-6-19(7-9-20)21-10-11-24-22(16-21)17-28-31(24)23-12-14-30(15-13-23)26(33)34-27(3,4)5/h6-11,16-18,23H,12-15H2,1-5H3,(H,29,32). The number of benzene rings is 2. The summed E-state index contributed by atoms with van der Waals surface area (Å²) in [5.41, 5.74) is 3.41. The van der Waals surface area contributed by atoms with E-state index in [0.29, 0.717) is 18.7 Å². The number of aromatic nitrogens is 2. The van der Waals surface area contributed by atoms with Crippen molar-refractivity contribution in [2.24, 2.45) is 0 Å². The topological polar surface area (TPSA) is 76.5 Å². The van der Waals surface area contributed by atoms with Gasteiger partial charge in [-0.2, -0.15) is 5.10 Å². The van der Waals surface area contributed by atoms with Gasteiger partial charge in [0, 0.05) is 30.1 Å². The highest BCUT2D eigenvalue weighted by molar-refractivity contribution is 5.95. The van der Waals surface area contributed by atoms with Gasteiger partial charge in [0.2, 0.25) is 0 Å². The first-order chi connectivity index (χ1) is 16.1. The molecular formula is C27H34N4O3. The van der Waals surface area contributed by atoms with Crippen molar-refractivity contribution >= 4 is 22.9 Å². The highest BCUT2D eigenvalue weighted by Gasteiger charge is 2.28. The monoisotopic (exact) mass is 462 g/mol. The minimum Gasteiger partial charge on any atom is -0.444 e. The van der Waals surface area contributed by atoms with Crippen LogP contribution in [0.3, 0.4) is 0 Å². The lowest BCUT2D eigenvalue weighted by Crippen LogP contribution is -2.42. The molecule has 2 aromatic carbocycles. The number of nitrogens with zero attached hydrogens (tertiary/aromatic N) is 3. The Morgan fingerprint density at radius 2 is 1.68 bits per heavy atom. The van der Waals surface area contributed by atoms with E-state index < -0.39 is 5.60 Å². The minimum absolute atomic E-state index is 0.0593.